The number of thiophene rings is 1. The molecule has 2 aromatic heterocycles. The van der Waals surface area contributed by atoms with E-state index in [0.29, 0.717) is 0 Å². The van der Waals surface area contributed by atoms with Crippen molar-refractivity contribution < 1.29 is 4.79 Å². The van der Waals surface area contributed by atoms with Crippen LogP contribution in [0.5, 0.6) is 0 Å². The molecule has 0 N–H and O–H groups in total. The molecule has 0 bridgehead atoms. The zero-order chi connectivity index (χ0) is 18.6. The van der Waals surface area contributed by atoms with E-state index in [1.54, 1.807) is 11.3 Å². The van der Waals surface area contributed by atoms with Crippen LogP contribution in [-0.4, -0.2) is 46.5 Å². The fraction of sp³-hybridized carbons (Fsp3) is 0.318. The van der Waals surface area contributed by atoms with Crippen LogP contribution in [0.1, 0.15) is 21.8 Å². The van der Waals surface area contributed by atoms with Crippen molar-refractivity contribution in [2.45, 2.75) is 13.0 Å². The first kappa shape index (κ1) is 18.0. The van der Waals surface area contributed by atoms with E-state index in [-0.39, 0.29) is 5.91 Å². The summed E-state index contributed by atoms with van der Waals surface area (Å²) < 4.78 is 2.02. The van der Waals surface area contributed by atoms with Crippen LogP contribution in [0.15, 0.2) is 60.0 Å². The highest BCUT2D eigenvalue weighted by atomic mass is 32.1. The zero-order valence-electron chi connectivity index (χ0n) is 15.7. The molecule has 0 saturated carbocycles. The minimum atomic E-state index is 0.137. The van der Waals surface area contributed by atoms with Crippen LogP contribution in [0.3, 0.4) is 0 Å². The van der Waals surface area contributed by atoms with Gasteiger partial charge in [0.2, 0.25) is 0 Å². The van der Waals surface area contributed by atoms with Crippen LogP contribution in [0.4, 0.5) is 0 Å². The molecular formula is C22H25N3OS. The molecule has 1 saturated heterocycles. The molecule has 0 spiro atoms. The number of aromatic nitrogens is 1. The average molecular weight is 380 g/mol. The summed E-state index contributed by atoms with van der Waals surface area (Å²) in [4.78, 5) is 19.0. The Bertz CT molecular complexity index is 886. The largest absolute Gasteiger partial charge is 0.340 e. The van der Waals surface area contributed by atoms with E-state index in [1.807, 2.05) is 46.8 Å². The maximum absolute atomic E-state index is 13.1. The Hall–Kier alpha value is -2.37. The molecule has 4 rings (SSSR count). The van der Waals surface area contributed by atoms with Crippen LogP contribution >= 0.6 is 11.3 Å². The summed E-state index contributed by atoms with van der Waals surface area (Å²) in [5.41, 5.74) is 2.98. The van der Waals surface area contributed by atoms with Crippen molar-refractivity contribution in [3.05, 3.63) is 70.5 Å². The fourth-order valence-corrected chi connectivity index (χ4v) is 4.49. The minimum Gasteiger partial charge on any atom is -0.340 e. The predicted octanol–water partition coefficient (Wildman–Crippen LogP) is 4.10. The molecule has 140 valence electrons. The molecule has 1 fully saturated rings. The summed E-state index contributed by atoms with van der Waals surface area (Å²) in [6, 6.07) is 18.5. The van der Waals surface area contributed by atoms with Gasteiger partial charge in [-0.2, -0.15) is 0 Å². The van der Waals surface area contributed by atoms with E-state index in [2.05, 4.69) is 34.5 Å². The summed E-state index contributed by atoms with van der Waals surface area (Å²) >= 11 is 1.80. The van der Waals surface area contributed by atoms with Crippen LogP contribution in [0.2, 0.25) is 0 Å². The van der Waals surface area contributed by atoms with Gasteiger partial charge < -0.3 is 9.47 Å². The van der Waals surface area contributed by atoms with Gasteiger partial charge in [-0.3, -0.25) is 9.69 Å². The Balaban J connectivity index is 1.45. The maximum atomic E-state index is 13.1. The third-order valence-corrected chi connectivity index (χ3v) is 6.11. The van der Waals surface area contributed by atoms with Crippen molar-refractivity contribution in [1.82, 2.24) is 14.4 Å². The molecular weight excluding hydrogens is 354 g/mol. The lowest BCUT2D eigenvalue weighted by Gasteiger charge is -2.22. The predicted molar refractivity (Wildman–Crippen MR) is 111 cm³/mol. The Morgan fingerprint density at radius 1 is 0.963 bits per heavy atom. The molecule has 1 amide bonds. The molecule has 0 unspecified atom stereocenters. The molecule has 1 aliphatic rings. The van der Waals surface area contributed by atoms with Gasteiger partial charge in [0.05, 0.1) is 0 Å². The second kappa shape index (κ2) is 8.11. The molecule has 1 aliphatic heterocycles. The third kappa shape index (κ3) is 3.99. The smallest absolute Gasteiger partial charge is 0.270 e. The van der Waals surface area contributed by atoms with Gasteiger partial charge in [-0.05, 0) is 35.6 Å². The van der Waals surface area contributed by atoms with Gasteiger partial charge in [-0.1, -0.05) is 36.4 Å². The molecule has 5 heteroatoms. The molecule has 4 nitrogen and oxygen atoms in total. The Kier molecular flexibility index (Phi) is 5.41. The maximum Gasteiger partial charge on any atom is 0.270 e. The number of nitrogens with zero attached hydrogens (tertiary/aromatic N) is 3. The van der Waals surface area contributed by atoms with Gasteiger partial charge in [0.25, 0.3) is 5.91 Å². The minimum absolute atomic E-state index is 0.137. The van der Waals surface area contributed by atoms with Gasteiger partial charge in [-0.25, -0.2) is 0 Å². The van der Waals surface area contributed by atoms with E-state index < -0.39 is 0 Å². The lowest BCUT2D eigenvalue weighted by molar-refractivity contribution is 0.0752. The fourth-order valence-electron chi connectivity index (χ4n) is 3.74. The van der Waals surface area contributed by atoms with Crippen LogP contribution in [0, 0.1) is 0 Å². The molecule has 3 heterocycles. The SMILES string of the molecule is Cn1c(C(=O)N2CCCN(Cc3cccs3)CC2)ccc1-c1ccccc1. The summed E-state index contributed by atoms with van der Waals surface area (Å²) in [5, 5.41) is 2.13. The number of amides is 1. The van der Waals surface area contributed by atoms with E-state index >= 15 is 0 Å². The van der Waals surface area contributed by atoms with Gasteiger partial charge in [0.15, 0.2) is 0 Å². The molecule has 0 atom stereocenters. The summed E-state index contributed by atoms with van der Waals surface area (Å²) in [6.07, 6.45) is 1.02. The lowest BCUT2D eigenvalue weighted by atomic mass is 10.2. The van der Waals surface area contributed by atoms with E-state index in [9.17, 15) is 4.79 Å². The number of carbonyl (C=O) groups excluding carboxylic acids is 1. The Morgan fingerprint density at radius 3 is 2.59 bits per heavy atom. The highest BCUT2D eigenvalue weighted by Gasteiger charge is 2.23. The van der Waals surface area contributed by atoms with Crippen LogP contribution in [-0.2, 0) is 13.6 Å². The second-order valence-electron chi connectivity index (χ2n) is 7.03. The highest BCUT2D eigenvalue weighted by molar-refractivity contribution is 7.09. The van der Waals surface area contributed by atoms with Crippen molar-refractivity contribution >= 4 is 17.2 Å². The molecule has 0 radical (unpaired) electrons. The van der Waals surface area contributed by atoms with Crippen molar-refractivity contribution in [3.8, 4) is 11.3 Å². The number of benzene rings is 1. The Morgan fingerprint density at radius 2 is 1.81 bits per heavy atom. The van der Waals surface area contributed by atoms with Crippen molar-refractivity contribution in [2.75, 3.05) is 26.2 Å². The van der Waals surface area contributed by atoms with Crippen LogP contribution < -0.4 is 0 Å². The van der Waals surface area contributed by atoms with E-state index in [0.717, 1.165) is 56.1 Å². The molecule has 0 aliphatic carbocycles. The summed E-state index contributed by atoms with van der Waals surface area (Å²) in [6.45, 7) is 4.58. The first-order valence-electron chi connectivity index (χ1n) is 9.47. The van der Waals surface area contributed by atoms with Gasteiger partial charge in [0.1, 0.15) is 5.69 Å². The number of hydrogen-bond acceptors (Lipinski definition) is 3. The van der Waals surface area contributed by atoms with Gasteiger partial charge in [-0.15, -0.1) is 11.3 Å². The topological polar surface area (TPSA) is 28.5 Å². The first-order chi connectivity index (χ1) is 13.2. The lowest BCUT2D eigenvalue weighted by Crippen LogP contribution is -2.36. The highest BCUT2D eigenvalue weighted by Crippen LogP contribution is 2.22. The molecule has 3 aromatic rings. The average Bonchev–Trinajstić information content (AvgIpc) is 3.27. The Labute approximate surface area is 164 Å². The monoisotopic (exact) mass is 379 g/mol. The van der Waals surface area contributed by atoms with Gasteiger partial charge in [0, 0.05) is 50.3 Å². The van der Waals surface area contributed by atoms with Gasteiger partial charge >= 0.3 is 0 Å². The van der Waals surface area contributed by atoms with Crippen molar-refractivity contribution in [1.29, 1.82) is 0 Å². The van der Waals surface area contributed by atoms with Crippen molar-refractivity contribution in [3.63, 3.8) is 0 Å². The summed E-state index contributed by atoms with van der Waals surface area (Å²) in [5.74, 6) is 0.137. The van der Waals surface area contributed by atoms with E-state index in [1.165, 1.54) is 4.88 Å². The quantitative estimate of drug-likeness (QED) is 0.683. The number of rotatable bonds is 4. The summed E-state index contributed by atoms with van der Waals surface area (Å²) in [7, 11) is 1.98. The normalized spacial score (nSPS) is 15.7. The first-order valence-corrected chi connectivity index (χ1v) is 10.4. The molecule has 27 heavy (non-hydrogen) atoms. The third-order valence-electron chi connectivity index (χ3n) is 5.25. The second-order valence-corrected chi connectivity index (χ2v) is 8.06. The number of hydrogen-bond donors (Lipinski definition) is 0. The van der Waals surface area contributed by atoms with Crippen LogP contribution in [0.25, 0.3) is 11.3 Å². The standard InChI is InChI=1S/C22H25N3OS/c1-23-20(18-7-3-2-4-8-18)10-11-21(23)22(26)25-13-6-12-24(14-15-25)17-19-9-5-16-27-19/h2-5,7-11,16H,6,12-15,17H2,1H3. The molecule has 1 aromatic carbocycles. The zero-order valence-corrected chi connectivity index (χ0v) is 16.5. The van der Waals surface area contributed by atoms with E-state index in [4.69, 9.17) is 0 Å². The van der Waals surface area contributed by atoms with Crippen molar-refractivity contribution in [2.24, 2.45) is 7.05 Å². The number of carbonyl (C=O) groups is 1.